The number of hydrogen-bond acceptors (Lipinski definition) is 3. The zero-order chi connectivity index (χ0) is 13.9. The lowest BCUT2D eigenvalue weighted by Crippen LogP contribution is -2.29. The van der Waals surface area contributed by atoms with Crippen LogP contribution in [0.25, 0.3) is 0 Å². The van der Waals surface area contributed by atoms with Crippen LogP contribution in [0, 0.1) is 0 Å². The second kappa shape index (κ2) is 6.23. The van der Waals surface area contributed by atoms with E-state index in [1.807, 2.05) is 24.3 Å². The molecule has 0 amide bonds. The smallest absolute Gasteiger partial charge is 0.187 e. The molecule has 1 aliphatic heterocycles. The second-order valence-corrected chi connectivity index (χ2v) is 5.20. The number of benzene rings is 1. The van der Waals surface area contributed by atoms with Gasteiger partial charge in [0.2, 0.25) is 0 Å². The molecule has 106 valence electrons. The normalized spacial score (nSPS) is 25.7. The highest BCUT2D eigenvalue weighted by Gasteiger charge is 2.45. The van der Waals surface area contributed by atoms with E-state index < -0.39 is 5.79 Å². The van der Waals surface area contributed by atoms with Crippen molar-refractivity contribution in [2.24, 2.45) is 0 Å². The van der Waals surface area contributed by atoms with E-state index in [-0.39, 0.29) is 12.4 Å². The van der Waals surface area contributed by atoms with E-state index >= 15 is 0 Å². The van der Waals surface area contributed by atoms with Crippen LogP contribution in [0.15, 0.2) is 24.3 Å². The zero-order valence-electron chi connectivity index (χ0n) is 11.7. The van der Waals surface area contributed by atoms with Gasteiger partial charge in [0.25, 0.3) is 0 Å². The van der Waals surface area contributed by atoms with Crippen molar-refractivity contribution in [1.29, 1.82) is 0 Å². The van der Waals surface area contributed by atoms with Crippen molar-refractivity contribution in [2.75, 3.05) is 7.11 Å². The molecule has 2 atom stereocenters. The van der Waals surface area contributed by atoms with Crippen molar-refractivity contribution in [3.05, 3.63) is 34.9 Å². The first-order chi connectivity index (χ1) is 9.14. The van der Waals surface area contributed by atoms with Gasteiger partial charge >= 0.3 is 0 Å². The van der Waals surface area contributed by atoms with E-state index in [1.165, 1.54) is 0 Å². The highest BCUT2D eigenvalue weighted by atomic mass is 35.5. The molecule has 0 radical (unpaired) electrons. The number of halogens is 1. The van der Waals surface area contributed by atoms with Gasteiger partial charge in [-0.05, 0) is 24.5 Å². The fraction of sp³-hybridized carbons (Fsp3) is 0.600. The summed E-state index contributed by atoms with van der Waals surface area (Å²) in [4.78, 5) is 0. The fourth-order valence-electron chi connectivity index (χ4n) is 2.45. The van der Waals surface area contributed by atoms with Gasteiger partial charge in [-0.25, -0.2) is 0 Å². The molecule has 1 fully saturated rings. The molecule has 19 heavy (non-hydrogen) atoms. The maximum Gasteiger partial charge on any atom is 0.187 e. The van der Waals surface area contributed by atoms with E-state index in [1.54, 1.807) is 7.11 Å². The number of rotatable bonds is 5. The average molecular weight is 285 g/mol. The first-order valence-corrected chi connectivity index (χ1v) is 7.13. The summed E-state index contributed by atoms with van der Waals surface area (Å²) >= 11 is 6.20. The Morgan fingerprint density at radius 2 is 1.89 bits per heavy atom. The Balaban J connectivity index is 2.13. The van der Waals surface area contributed by atoms with Crippen molar-refractivity contribution in [2.45, 2.75) is 51.3 Å². The Bertz CT molecular complexity index is 418. The molecular formula is C15H21ClO3. The molecule has 4 heteroatoms. The fourth-order valence-corrected chi connectivity index (χ4v) is 2.66. The molecule has 0 N–H and O–H groups in total. The van der Waals surface area contributed by atoms with Crippen LogP contribution in [0.5, 0.6) is 0 Å². The molecular weight excluding hydrogens is 264 g/mol. The van der Waals surface area contributed by atoms with Crippen molar-refractivity contribution in [3.63, 3.8) is 0 Å². The highest BCUT2D eigenvalue weighted by Crippen LogP contribution is 2.36. The lowest BCUT2D eigenvalue weighted by atomic mass is 10.1. The third-order valence-corrected chi connectivity index (χ3v) is 4.06. The minimum atomic E-state index is -0.521. The SMILES string of the molecule is CCC1(CC)O[C@H](OC)[C@H](Cc2ccccc2Cl)O1. The Labute approximate surface area is 119 Å². The molecule has 3 nitrogen and oxygen atoms in total. The van der Waals surface area contributed by atoms with Crippen LogP contribution in [0.1, 0.15) is 32.3 Å². The van der Waals surface area contributed by atoms with E-state index in [0.717, 1.165) is 23.4 Å². The molecule has 0 aliphatic carbocycles. The summed E-state index contributed by atoms with van der Waals surface area (Å²) in [6.07, 6.45) is 1.85. The van der Waals surface area contributed by atoms with Crippen LogP contribution in [0.3, 0.4) is 0 Å². The largest absolute Gasteiger partial charge is 0.353 e. The predicted octanol–water partition coefficient (Wildman–Crippen LogP) is 3.79. The van der Waals surface area contributed by atoms with Crippen LogP contribution in [-0.2, 0) is 20.6 Å². The predicted molar refractivity (Wildman–Crippen MR) is 75.2 cm³/mol. The first kappa shape index (κ1) is 14.8. The number of hydrogen-bond donors (Lipinski definition) is 0. The van der Waals surface area contributed by atoms with Crippen molar-refractivity contribution in [3.8, 4) is 0 Å². The summed E-state index contributed by atoms with van der Waals surface area (Å²) in [5.41, 5.74) is 1.06. The van der Waals surface area contributed by atoms with E-state index in [9.17, 15) is 0 Å². The third-order valence-electron chi connectivity index (χ3n) is 3.69. The molecule has 1 saturated heterocycles. The van der Waals surface area contributed by atoms with Gasteiger partial charge in [0.1, 0.15) is 6.10 Å². The molecule has 0 unspecified atom stereocenters. The third kappa shape index (κ3) is 3.11. The van der Waals surface area contributed by atoms with Crippen molar-refractivity contribution < 1.29 is 14.2 Å². The molecule has 0 spiro atoms. The van der Waals surface area contributed by atoms with Gasteiger partial charge < -0.3 is 14.2 Å². The number of ether oxygens (including phenoxy) is 3. The van der Waals surface area contributed by atoms with E-state index in [4.69, 9.17) is 25.8 Å². The summed E-state index contributed by atoms with van der Waals surface area (Å²) in [6, 6.07) is 7.80. The highest BCUT2D eigenvalue weighted by molar-refractivity contribution is 6.31. The van der Waals surface area contributed by atoms with Crippen LogP contribution < -0.4 is 0 Å². The van der Waals surface area contributed by atoms with E-state index in [2.05, 4.69) is 13.8 Å². The molecule has 0 saturated carbocycles. The second-order valence-electron chi connectivity index (χ2n) is 4.79. The minimum Gasteiger partial charge on any atom is -0.353 e. The quantitative estimate of drug-likeness (QED) is 0.823. The average Bonchev–Trinajstić information content (AvgIpc) is 2.80. The Kier molecular flexibility index (Phi) is 4.85. The number of methoxy groups -OCH3 is 1. The topological polar surface area (TPSA) is 27.7 Å². The van der Waals surface area contributed by atoms with Gasteiger partial charge in [-0.3, -0.25) is 0 Å². The van der Waals surface area contributed by atoms with Gasteiger partial charge in [0, 0.05) is 18.6 Å². The van der Waals surface area contributed by atoms with Crippen molar-refractivity contribution >= 4 is 11.6 Å². The lowest BCUT2D eigenvalue weighted by Gasteiger charge is -2.24. The van der Waals surface area contributed by atoms with E-state index in [0.29, 0.717) is 6.42 Å². The van der Waals surface area contributed by atoms with Gasteiger partial charge in [-0.15, -0.1) is 0 Å². The molecule has 1 aromatic rings. The van der Waals surface area contributed by atoms with Gasteiger partial charge in [-0.1, -0.05) is 43.6 Å². The molecule has 1 heterocycles. The monoisotopic (exact) mass is 284 g/mol. The standard InChI is InChI=1S/C15H21ClO3/c1-4-15(5-2)18-13(14(17-3)19-15)10-11-8-6-7-9-12(11)16/h6-9,13-14H,4-5,10H2,1-3H3/t13-,14-/m0/s1. The van der Waals surface area contributed by atoms with Crippen LogP contribution in [0.2, 0.25) is 5.02 Å². The Morgan fingerprint density at radius 1 is 1.21 bits per heavy atom. The van der Waals surface area contributed by atoms with Gasteiger partial charge in [0.15, 0.2) is 12.1 Å². The summed E-state index contributed by atoms with van der Waals surface area (Å²) in [7, 11) is 1.65. The summed E-state index contributed by atoms with van der Waals surface area (Å²) in [5, 5.41) is 0.756. The van der Waals surface area contributed by atoms with Crippen LogP contribution >= 0.6 is 11.6 Å². The minimum absolute atomic E-state index is 0.121. The molecule has 1 aromatic carbocycles. The maximum absolute atomic E-state index is 6.20. The van der Waals surface area contributed by atoms with Gasteiger partial charge in [-0.2, -0.15) is 0 Å². The zero-order valence-corrected chi connectivity index (χ0v) is 12.4. The Morgan fingerprint density at radius 3 is 2.47 bits per heavy atom. The summed E-state index contributed by atoms with van der Waals surface area (Å²) in [5.74, 6) is -0.521. The maximum atomic E-state index is 6.20. The molecule has 1 aliphatic rings. The molecule has 0 bridgehead atoms. The Hall–Kier alpha value is -0.610. The molecule has 2 rings (SSSR count). The molecule has 0 aromatic heterocycles. The van der Waals surface area contributed by atoms with Gasteiger partial charge in [0.05, 0.1) is 0 Å². The lowest BCUT2D eigenvalue weighted by molar-refractivity contribution is -0.208. The van der Waals surface area contributed by atoms with Crippen molar-refractivity contribution in [1.82, 2.24) is 0 Å². The van der Waals surface area contributed by atoms with Crippen LogP contribution in [-0.4, -0.2) is 25.3 Å². The van der Waals surface area contributed by atoms with Crippen LogP contribution in [0.4, 0.5) is 0 Å². The first-order valence-electron chi connectivity index (χ1n) is 6.76. The summed E-state index contributed by atoms with van der Waals surface area (Å²) < 4.78 is 17.4. The summed E-state index contributed by atoms with van der Waals surface area (Å²) in [6.45, 7) is 4.13.